The summed E-state index contributed by atoms with van der Waals surface area (Å²) in [7, 11) is 1.96. The fraction of sp³-hybridized carbons (Fsp3) is 0.438. The number of nitrogens with one attached hydrogen (secondary N) is 1. The number of hydrogen-bond acceptors (Lipinski definition) is 2. The van der Waals surface area contributed by atoms with Crippen LogP contribution < -0.4 is 5.32 Å². The molecule has 2 rings (SSSR count). The predicted molar refractivity (Wildman–Crippen MR) is 85.4 cm³/mol. The van der Waals surface area contributed by atoms with Crippen molar-refractivity contribution in [2.75, 3.05) is 5.32 Å². The van der Waals surface area contributed by atoms with Gasteiger partial charge < -0.3 is 5.32 Å². The molecule has 0 atom stereocenters. The lowest BCUT2D eigenvalue weighted by atomic mass is 9.89. The molecule has 0 saturated heterocycles. The van der Waals surface area contributed by atoms with Crippen molar-refractivity contribution in [3.8, 4) is 0 Å². The maximum atomic E-state index is 6.15. The van der Waals surface area contributed by atoms with Gasteiger partial charge in [0.15, 0.2) is 0 Å². The number of aryl methyl sites for hydroxylation is 2. The van der Waals surface area contributed by atoms with Crippen molar-refractivity contribution in [2.45, 2.75) is 39.7 Å². The Morgan fingerprint density at radius 2 is 2.00 bits per heavy atom. The van der Waals surface area contributed by atoms with E-state index >= 15 is 0 Å². The molecule has 1 aromatic heterocycles. The Balaban J connectivity index is 2.17. The fourth-order valence-corrected chi connectivity index (χ4v) is 2.38. The Morgan fingerprint density at radius 1 is 1.30 bits per heavy atom. The van der Waals surface area contributed by atoms with Crippen LogP contribution in [0.2, 0.25) is 5.02 Å². The van der Waals surface area contributed by atoms with Gasteiger partial charge in [0, 0.05) is 41.5 Å². The number of aromatic nitrogens is 2. The van der Waals surface area contributed by atoms with Crippen molar-refractivity contribution < 1.29 is 0 Å². The summed E-state index contributed by atoms with van der Waals surface area (Å²) < 4.78 is 1.87. The molecule has 1 N–H and O–H groups in total. The van der Waals surface area contributed by atoms with Crippen LogP contribution in [0.5, 0.6) is 0 Å². The van der Waals surface area contributed by atoms with Gasteiger partial charge in [0.1, 0.15) is 0 Å². The lowest BCUT2D eigenvalue weighted by molar-refractivity contribution is 0.549. The van der Waals surface area contributed by atoms with Gasteiger partial charge in [-0.15, -0.1) is 0 Å². The lowest BCUT2D eigenvalue weighted by Crippen LogP contribution is -2.16. The van der Waals surface area contributed by atoms with Crippen molar-refractivity contribution in [3.05, 3.63) is 46.2 Å². The molecule has 0 saturated carbocycles. The van der Waals surface area contributed by atoms with E-state index in [1.165, 1.54) is 5.56 Å². The average molecular weight is 292 g/mol. The average Bonchev–Trinajstić information content (AvgIpc) is 2.72. The second-order valence-corrected chi connectivity index (χ2v) is 6.65. The third-order valence-electron chi connectivity index (χ3n) is 3.27. The van der Waals surface area contributed by atoms with Gasteiger partial charge in [-0.2, -0.15) is 5.10 Å². The van der Waals surface area contributed by atoms with Crippen molar-refractivity contribution in [1.29, 1.82) is 0 Å². The Labute approximate surface area is 126 Å². The summed E-state index contributed by atoms with van der Waals surface area (Å²) in [6, 6.07) is 6.04. The summed E-state index contributed by atoms with van der Waals surface area (Å²) in [6.07, 6.45) is 2.07. The van der Waals surface area contributed by atoms with E-state index in [1.54, 1.807) is 0 Å². The summed E-state index contributed by atoms with van der Waals surface area (Å²) >= 11 is 6.15. The lowest BCUT2D eigenvalue weighted by Gasteiger charge is -2.18. The van der Waals surface area contributed by atoms with Crippen LogP contribution in [0.25, 0.3) is 0 Å². The molecule has 0 radical (unpaired) electrons. The van der Waals surface area contributed by atoms with Crippen LogP contribution in [-0.2, 0) is 19.0 Å². The van der Waals surface area contributed by atoms with Gasteiger partial charge >= 0.3 is 0 Å². The molecule has 2 aromatic rings. The van der Waals surface area contributed by atoms with E-state index < -0.39 is 0 Å². The third kappa shape index (κ3) is 3.34. The highest BCUT2D eigenvalue weighted by molar-refractivity contribution is 6.31. The Morgan fingerprint density at radius 3 is 2.60 bits per heavy atom. The van der Waals surface area contributed by atoms with Crippen LogP contribution in [0.3, 0.4) is 0 Å². The first kappa shape index (κ1) is 14.9. The van der Waals surface area contributed by atoms with E-state index in [2.05, 4.69) is 37.4 Å². The van der Waals surface area contributed by atoms with Crippen LogP contribution in [0, 0.1) is 6.92 Å². The minimum Gasteiger partial charge on any atom is -0.381 e. The Kier molecular flexibility index (Phi) is 4.09. The smallest absolute Gasteiger partial charge is 0.0727 e. The number of rotatable bonds is 3. The van der Waals surface area contributed by atoms with Crippen LogP contribution in [-0.4, -0.2) is 9.78 Å². The molecule has 0 amide bonds. The van der Waals surface area contributed by atoms with Crippen LogP contribution in [0.15, 0.2) is 24.4 Å². The van der Waals surface area contributed by atoms with Crippen LogP contribution >= 0.6 is 11.6 Å². The molecule has 108 valence electrons. The minimum atomic E-state index is 0.0448. The molecule has 0 aliphatic rings. The van der Waals surface area contributed by atoms with Gasteiger partial charge in [-0.3, -0.25) is 4.68 Å². The highest BCUT2D eigenvalue weighted by atomic mass is 35.5. The zero-order valence-corrected chi connectivity index (χ0v) is 13.5. The maximum absolute atomic E-state index is 6.15. The highest BCUT2D eigenvalue weighted by Gasteiger charge is 2.21. The van der Waals surface area contributed by atoms with Gasteiger partial charge in [0.2, 0.25) is 0 Å². The maximum Gasteiger partial charge on any atom is 0.0727 e. The quantitative estimate of drug-likeness (QED) is 0.914. The predicted octanol–water partition coefficient (Wildman–Crippen LogP) is 4.29. The molecule has 0 fully saturated rings. The highest BCUT2D eigenvalue weighted by Crippen LogP contribution is 2.25. The second kappa shape index (κ2) is 5.49. The first-order chi connectivity index (χ1) is 9.27. The Bertz CT molecular complexity index is 609. The van der Waals surface area contributed by atoms with E-state index in [4.69, 9.17) is 11.6 Å². The fourth-order valence-electron chi connectivity index (χ4n) is 2.20. The SMILES string of the molecule is Cc1ccc(NCc2cn(C)nc2C(C)(C)C)cc1Cl. The topological polar surface area (TPSA) is 29.9 Å². The molecule has 0 bridgehead atoms. The summed E-state index contributed by atoms with van der Waals surface area (Å²) in [6.45, 7) is 9.30. The molecule has 20 heavy (non-hydrogen) atoms. The monoisotopic (exact) mass is 291 g/mol. The number of benzene rings is 1. The van der Waals surface area contributed by atoms with Crippen molar-refractivity contribution in [3.63, 3.8) is 0 Å². The first-order valence-electron chi connectivity index (χ1n) is 6.80. The van der Waals surface area contributed by atoms with Gasteiger partial charge in [-0.25, -0.2) is 0 Å². The van der Waals surface area contributed by atoms with Crippen LogP contribution in [0.4, 0.5) is 5.69 Å². The van der Waals surface area contributed by atoms with E-state index in [9.17, 15) is 0 Å². The number of nitrogens with zero attached hydrogens (tertiary/aromatic N) is 2. The summed E-state index contributed by atoms with van der Waals surface area (Å²) in [5.74, 6) is 0. The first-order valence-corrected chi connectivity index (χ1v) is 7.18. The molecule has 4 heteroatoms. The summed E-state index contributed by atoms with van der Waals surface area (Å²) in [5.41, 5.74) is 4.52. The number of hydrogen-bond donors (Lipinski definition) is 1. The van der Waals surface area contributed by atoms with Gasteiger partial charge in [0.25, 0.3) is 0 Å². The molecule has 0 unspecified atom stereocenters. The largest absolute Gasteiger partial charge is 0.381 e. The summed E-state index contributed by atoms with van der Waals surface area (Å²) in [4.78, 5) is 0. The molecule has 3 nitrogen and oxygen atoms in total. The molecule has 1 aromatic carbocycles. The van der Waals surface area contributed by atoms with E-state index in [0.717, 1.165) is 28.5 Å². The molecule has 0 aliphatic carbocycles. The van der Waals surface area contributed by atoms with E-state index in [1.807, 2.05) is 36.9 Å². The molecule has 0 aliphatic heterocycles. The van der Waals surface area contributed by atoms with E-state index in [-0.39, 0.29) is 5.41 Å². The Hall–Kier alpha value is -1.48. The standard InChI is InChI=1S/C16H22ClN3/c1-11-6-7-13(8-14(11)17)18-9-12-10-20(5)19-15(12)16(2,3)4/h6-8,10,18H,9H2,1-5H3. The molecular formula is C16H22ClN3. The van der Waals surface area contributed by atoms with E-state index in [0.29, 0.717) is 0 Å². The number of anilines is 1. The van der Waals surface area contributed by atoms with Crippen molar-refractivity contribution in [1.82, 2.24) is 9.78 Å². The molecule has 0 spiro atoms. The van der Waals surface area contributed by atoms with Gasteiger partial charge in [0.05, 0.1) is 5.69 Å². The van der Waals surface area contributed by atoms with Gasteiger partial charge in [-0.05, 0) is 24.6 Å². The minimum absolute atomic E-state index is 0.0448. The second-order valence-electron chi connectivity index (χ2n) is 6.24. The van der Waals surface area contributed by atoms with Crippen molar-refractivity contribution >= 4 is 17.3 Å². The van der Waals surface area contributed by atoms with Crippen LogP contribution in [0.1, 0.15) is 37.6 Å². The van der Waals surface area contributed by atoms with Crippen molar-refractivity contribution in [2.24, 2.45) is 7.05 Å². The zero-order valence-electron chi connectivity index (χ0n) is 12.8. The molecule has 1 heterocycles. The number of halogens is 1. The molecular weight excluding hydrogens is 270 g/mol. The van der Waals surface area contributed by atoms with Gasteiger partial charge in [-0.1, -0.05) is 38.4 Å². The third-order valence-corrected chi connectivity index (χ3v) is 3.68. The summed E-state index contributed by atoms with van der Waals surface area (Å²) in [5, 5.41) is 8.78. The zero-order chi connectivity index (χ0) is 14.9. The normalized spacial score (nSPS) is 11.7.